The summed E-state index contributed by atoms with van der Waals surface area (Å²) in [5.41, 5.74) is 1.13. The summed E-state index contributed by atoms with van der Waals surface area (Å²) in [5, 5.41) is 11.8. The molecule has 0 fully saturated rings. The zero-order valence-electron chi connectivity index (χ0n) is 11.7. The normalized spacial score (nSPS) is 12.4. The topological polar surface area (TPSA) is 61.8 Å². The SMILES string of the molecule is CNC(CN(C)CCc1ccccc1OC)C(=O)O. The van der Waals surface area contributed by atoms with Crippen molar-refractivity contribution in [1.82, 2.24) is 10.2 Å². The first-order chi connectivity index (χ1) is 9.08. The van der Waals surface area contributed by atoms with Crippen LogP contribution in [-0.4, -0.2) is 56.3 Å². The lowest BCUT2D eigenvalue weighted by molar-refractivity contribution is -0.139. The first kappa shape index (κ1) is 15.5. The van der Waals surface area contributed by atoms with Crippen molar-refractivity contribution in [3.05, 3.63) is 29.8 Å². The number of nitrogens with one attached hydrogen (secondary N) is 1. The van der Waals surface area contributed by atoms with E-state index in [1.54, 1.807) is 14.2 Å². The van der Waals surface area contributed by atoms with Crippen LogP contribution in [0, 0.1) is 0 Å². The molecule has 0 aliphatic rings. The molecular formula is C14H22N2O3. The number of rotatable bonds is 8. The fourth-order valence-corrected chi connectivity index (χ4v) is 1.92. The van der Waals surface area contributed by atoms with E-state index in [1.807, 2.05) is 36.2 Å². The van der Waals surface area contributed by atoms with Gasteiger partial charge in [0.2, 0.25) is 0 Å². The van der Waals surface area contributed by atoms with Gasteiger partial charge in [-0.15, -0.1) is 0 Å². The van der Waals surface area contributed by atoms with Gasteiger partial charge in [-0.25, -0.2) is 0 Å². The number of ether oxygens (including phenoxy) is 1. The van der Waals surface area contributed by atoms with Gasteiger partial charge < -0.3 is 20.1 Å². The number of methoxy groups -OCH3 is 1. The molecule has 0 aliphatic carbocycles. The van der Waals surface area contributed by atoms with Crippen LogP contribution in [-0.2, 0) is 11.2 Å². The van der Waals surface area contributed by atoms with E-state index in [1.165, 1.54) is 0 Å². The van der Waals surface area contributed by atoms with E-state index in [9.17, 15) is 4.79 Å². The lowest BCUT2D eigenvalue weighted by Crippen LogP contribution is -2.43. The van der Waals surface area contributed by atoms with Crippen molar-refractivity contribution in [2.24, 2.45) is 0 Å². The van der Waals surface area contributed by atoms with Gasteiger partial charge in [-0.3, -0.25) is 4.79 Å². The maximum atomic E-state index is 10.9. The monoisotopic (exact) mass is 266 g/mol. The molecule has 5 nitrogen and oxygen atoms in total. The van der Waals surface area contributed by atoms with Crippen LogP contribution in [0.3, 0.4) is 0 Å². The zero-order chi connectivity index (χ0) is 14.3. The molecule has 0 bridgehead atoms. The fraction of sp³-hybridized carbons (Fsp3) is 0.500. The van der Waals surface area contributed by atoms with Crippen LogP contribution in [0.25, 0.3) is 0 Å². The van der Waals surface area contributed by atoms with Gasteiger partial charge in [0.25, 0.3) is 0 Å². The summed E-state index contributed by atoms with van der Waals surface area (Å²) in [6.45, 7) is 1.26. The van der Waals surface area contributed by atoms with Gasteiger partial charge in [0, 0.05) is 13.1 Å². The molecule has 0 aromatic heterocycles. The number of benzene rings is 1. The molecule has 1 aromatic carbocycles. The Morgan fingerprint density at radius 2 is 2.16 bits per heavy atom. The maximum absolute atomic E-state index is 10.9. The highest BCUT2D eigenvalue weighted by Crippen LogP contribution is 2.17. The number of carboxylic acids is 1. The molecule has 19 heavy (non-hydrogen) atoms. The van der Waals surface area contributed by atoms with Crippen molar-refractivity contribution in [2.75, 3.05) is 34.3 Å². The molecule has 1 rings (SSSR count). The molecule has 5 heteroatoms. The van der Waals surface area contributed by atoms with Crippen molar-refractivity contribution in [3.63, 3.8) is 0 Å². The average Bonchev–Trinajstić information content (AvgIpc) is 2.42. The molecule has 2 N–H and O–H groups in total. The van der Waals surface area contributed by atoms with E-state index >= 15 is 0 Å². The van der Waals surface area contributed by atoms with Crippen molar-refractivity contribution in [2.45, 2.75) is 12.5 Å². The van der Waals surface area contributed by atoms with Gasteiger partial charge in [-0.05, 0) is 32.1 Å². The van der Waals surface area contributed by atoms with Crippen LogP contribution < -0.4 is 10.1 Å². The highest BCUT2D eigenvalue weighted by atomic mass is 16.5. The third-order valence-corrected chi connectivity index (χ3v) is 3.10. The Morgan fingerprint density at radius 3 is 2.74 bits per heavy atom. The van der Waals surface area contributed by atoms with Gasteiger partial charge in [0.15, 0.2) is 0 Å². The summed E-state index contributed by atoms with van der Waals surface area (Å²) < 4.78 is 5.29. The van der Waals surface area contributed by atoms with Crippen LogP contribution in [0.1, 0.15) is 5.56 Å². The molecule has 0 spiro atoms. The van der Waals surface area contributed by atoms with Gasteiger partial charge >= 0.3 is 5.97 Å². The van der Waals surface area contributed by atoms with Crippen molar-refractivity contribution in [1.29, 1.82) is 0 Å². The van der Waals surface area contributed by atoms with E-state index in [0.29, 0.717) is 6.54 Å². The molecule has 0 radical (unpaired) electrons. The highest BCUT2D eigenvalue weighted by Gasteiger charge is 2.16. The molecule has 0 amide bonds. The van der Waals surface area contributed by atoms with E-state index in [4.69, 9.17) is 9.84 Å². The van der Waals surface area contributed by atoms with Crippen LogP contribution in [0.2, 0.25) is 0 Å². The summed E-state index contributed by atoms with van der Waals surface area (Å²) in [6.07, 6.45) is 0.830. The molecular weight excluding hydrogens is 244 g/mol. The summed E-state index contributed by atoms with van der Waals surface area (Å²) in [6, 6.07) is 7.34. The second-order valence-electron chi connectivity index (χ2n) is 4.50. The summed E-state index contributed by atoms with van der Waals surface area (Å²) in [5.74, 6) is 0.0472. The maximum Gasteiger partial charge on any atom is 0.322 e. The molecule has 0 aliphatic heterocycles. The Balaban J connectivity index is 2.49. The molecule has 1 unspecified atom stereocenters. The van der Waals surface area contributed by atoms with Gasteiger partial charge in [-0.1, -0.05) is 18.2 Å². The Hall–Kier alpha value is -1.59. The van der Waals surface area contributed by atoms with E-state index in [0.717, 1.165) is 24.3 Å². The number of carboxylic acid groups (broad SMARTS) is 1. The minimum Gasteiger partial charge on any atom is -0.496 e. The Labute approximate surface area is 114 Å². The van der Waals surface area contributed by atoms with Gasteiger partial charge in [0.05, 0.1) is 7.11 Å². The van der Waals surface area contributed by atoms with Crippen LogP contribution >= 0.6 is 0 Å². The number of para-hydroxylation sites is 1. The third-order valence-electron chi connectivity index (χ3n) is 3.10. The second kappa shape index (κ2) is 7.76. The predicted octanol–water partition coefficient (Wildman–Crippen LogP) is 0.842. The standard InChI is InChI=1S/C14H22N2O3/c1-15-12(14(17)18)10-16(2)9-8-11-6-4-5-7-13(11)19-3/h4-7,12,15H,8-10H2,1-3H3,(H,17,18). The van der Waals surface area contributed by atoms with Crippen LogP contribution in [0.4, 0.5) is 0 Å². The smallest absolute Gasteiger partial charge is 0.322 e. The molecule has 0 saturated carbocycles. The second-order valence-corrected chi connectivity index (χ2v) is 4.50. The van der Waals surface area contributed by atoms with Crippen molar-refractivity contribution < 1.29 is 14.6 Å². The zero-order valence-corrected chi connectivity index (χ0v) is 11.7. The van der Waals surface area contributed by atoms with Crippen LogP contribution in [0.15, 0.2) is 24.3 Å². The van der Waals surface area contributed by atoms with E-state index in [2.05, 4.69) is 5.32 Å². The van der Waals surface area contributed by atoms with Gasteiger partial charge in [-0.2, -0.15) is 0 Å². The van der Waals surface area contributed by atoms with Crippen molar-refractivity contribution in [3.8, 4) is 5.75 Å². The number of aliphatic carboxylic acids is 1. The minimum atomic E-state index is -0.827. The summed E-state index contributed by atoms with van der Waals surface area (Å²) in [7, 11) is 5.24. The largest absolute Gasteiger partial charge is 0.496 e. The summed E-state index contributed by atoms with van der Waals surface area (Å²) >= 11 is 0. The number of hydrogen-bond donors (Lipinski definition) is 2. The van der Waals surface area contributed by atoms with Crippen molar-refractivity contribution >= 4 is 5.97 Å². The lowest BCUT2D eigenvalue weighted by Gasteiger charge is -2.21. The number of likely N-dealkylation sites (N-methyl/N-ethyl adjacent to an activating group) is 2. The molecule has 0 saturated heterocycles. The predicted molar refractivity (Wildman–Crippen MR) is 74.7 cm³/mol. The van der Waals surface area contributed by atoms with E-state index in [-0.39, 0.29) is 0 Å². The number of hydrogen-bond acceptors (Lipinski definition) is 4. The number of carbonyl (C=O) groups is 1. The molecule has 106 valence electrons. The molecule has 0 heterocycles. The Kier molecular flexibility index (Phi) is 6.32. The van der Waals surface area contributed by atoms with E-state index < -0.39 is 12.0 Å². The number of nitrogens with zero attached hydrogens (tertiary/aromatic N) is 1. The quantitative estimate of drug-likeness (QED) is 0.730. The first-order valence-electron chi connectivity index (χ1n) is 6.29. The fourth-order valence-electron chi connectivity index (χ4n) is 1.92. The average molecular weight is 266 g/mol. The Bertz CT molecular complexity index is 409. The van der Waals surface area contributed by atoms with Gasteiger partial charge in [0.1, 0.15) is 11.8 Å². The summed E-state index contributed by atoms with van der Waals surface area (Å²) in [4.78, 5) is 12.9. The highest BCUT2D eigenvalue weighted by molar-refractivity contribution is 5.73. The minimum absolute atomic E-state index is 0.473. The van der Waals surface area contributed by atoms with Crippen LogP contribution in [0.5, 0.6) is 5.75 Å². The molecule has 1 aromatic rings. The Morgan fingerprint density at radius 1 is 1.47 bits per heavy atom. The molecule has 1 atom stereocenters. The first-order valence-corrected chi connectivity index (χ1v) is 6.29. The third kappa shape index (κ3) is 4.89. The lowest BCUT2D eigenvalue weighted by atomic mass is 10.1.